The van der Waals surface area contributed by atoms with Crippen molar-refractivity contribution in [2.45, 2.75) is 39.5 Å². The number of hydrogen-bond acceptors (Lipinski definition) is 0. The van der Waals surface area contributed by atoms with Crippen molar-refractivity contribution >= 4 is 0 Å². The second-order valence-electron chi connectivity index (χ2n) is 3.49. The molecule has 0 radical (unpaired) electrons. The molecular weight excluding hydrogens is 132 g/mol. The van der Waals surface area contributed by atoms with Gasteiger partial charge in [0.1, 0.15) is 0 Å². The van der Waals surface area contributed by atoms with E-state index in [2.05, 4.69) is 32.1 Å². The zero-order valence-corrected chi connectivity index (χ0v) is 7.64. The van der Waals surface area contributed by atoms with E-state index < -0.39 is 0 Å². The van der Waals surface area contributed by atoms with E-state index in [0.717, 1.165) is 5.92 Å². The predicted molar refractivity (Wildman–Crippen MR) is 50.5 cm³/mol. The van der Waals surface area contributed by atoms with Crippen LogP contribution < -0.4 is 0 Å². The number of rotatable bonds is 2. The Kier molecular flexibility index (Phi) is 3.41. The van der Waals surface area contributed by atoms with Gasteiger partial charge in [0.2, 0.25) is 0 Å². The van der Waals surface area contributed by atoms with Crippen molar-refractivity contribution in [3.05, 3.63) is 23.8 Å². The molecule has 0 heterocycles. The summed E-state index contributed by atoms with van der Waals surface area (Å²) in [5, 5.41) is 0. The molecule has 0 aromatic rings. The standard InChI is InChI=1S/C11H18/c1-3-10(2)9-11-7-5-4-6-8-11/h3-5,11H,6-9H2,1-2H3/b10-3+. The summed E-state index contributed by atoms with van der Waals surface area (Å²) in [6.45, 7) is 4.37. The Hall–Kier alpha value is -0.520. The Balaban J connectivity index is 2.32. The van der Waals surface area contributed by atoms with Gasteiger partial charge in [0.25, 0.3) is 0 Å². The maximum absolute atomic E-state index is 2.33. The monoisotopic (exact) mass is 150 g/mol. The highest BCUT2D eigenvalue weighted by Crippen LogP contribution is 2.24. The largest absolute Gasteiger partial charge is 0.0887 e. The molecule has 0 nitrogen and oxygen atoms in total. The molecule has 0 bridgehead atoms. The van der Waals surface area contributed by atoms with Crippen molar-refractivity contribution in [1.82, 2.24) is 0 Å². The summed E-state index contributed by atoms with van der Waals surface area (Å²) < 4.78 is 0. The molecule has 0 aliphatic heterocycles. The second-order valence-corrected chi connectivity index (χ2v) is 3.49. The van der Waals surface area contributed by atoms with Gasteiger partial charge in [-0.3, -0.25) is 0 Å². The van der Waals surface area contributed by atoms with Gasteiger partial charge < -0.3 is 0 Å². The lowest BCUT2D eigenvalue weighted by molar-refractivity contribution is 0.475. The Morgan fingerprint density at radius 2 is 2.36 bits per heavy atom. The second kappa shape index (κ2) is 4.38. The summed E-state index contributed by atoms with van der Waals surface area (Å²) >= 11 is 0. The maximum atomic E-state index is 2.33. The minimum absolute atomic E-state index is 0.927. The first-order valence-electron chi connectivity index (χ1n) is 4.59. The molecule has 0 fully saturated rings. The van der Waals surface area contributed by atoms with Gasteiger partial charge in [-0.25, -0.2) is 0 Å². The maximum Gasteiger partial charge on any atom is -0.0292 e. The van der Waals surface area contributed by atoms with Crippen LogP contribution in [0.2, 0.25) is 0 Å². The van der Waals surface area contributed by atoms with E-state index in [4.69, 9.17) is 0 Å². The normalized spacial score (nSPS) is 25.6. The van der Waals surface area contributed by atoms with Crippen molar-refractivity contribution in [1.29, 1.82) is 0 Å². The zero-order valence-electron chi connectivity index (χ0n) is 7.64. The molecule has 0 aromatic heterocycles. The first-order chi connectivity index (χ1) is 5.33. The Bertz CT molecular complexity index is 163. The van der Waals surface area contributed by atoms with Crippen molar-refractivity contribution in [2.75, 3.05) is 0 Å². The van der Waals surface area contributed by atoms with Crippen LogP contribution in [0.15, 0.2) is 23.8 Å². The Morgan fingerprint density at radius 3 is 2.91 bits per heavy atom. The lowest BCUT2D eigenvalue weighted by Gasteiger charge is -2.17. The molecule has 0 saturated carbocycles. The van der Waals surface area contributed by atoms with Gasteiger partial charge in [-0.2, -0.15) is 0 Å². The molecule has 1 rings (SSSR count). The molecule has 1 aliphatic rings. The van der Waals surface area contributed by atoms with Gasteiger partial charge >= 0.3 is 0 Å². The molecule has 0 spiro atoms. The first-order valence-corrected chi connectivity index (χ1v) is 4.59. The third-order valence-electron chi connectivity index (χ3n) is 2.48. The van der Waals surface area contributed by atoms with E-state index in [1.807, 2.05) is 0 Å². The third-order valence-corrected chi connectivity index (χ3v) is 2.48. The van der Waals surface area contributed by atoms with Crippen molar-refractivity contribution in [3.8, 4) is 0 Å². The van der Waals surface area contributed by atoms with Crippen LogP contribution in [0.25, 0.3) is 0 Å². The molecular formula is C11H18. The van der Waals surface area contributed by atoms with Crippen LogP contribution in [0, 0.1) is 5.92 Å². The fourth-order valence-electron chi connectivity index (χ4n) is 1.61. The summed E-state index contributed by atoms with van der Waals surface area (Å²) in [7, 11) is 0. The quantitative estimate of drug-likeness (QED) is 0.526. The molecule has 1 unspecified atom stereocenters. The topological polar surface area (TPSA) is 0 Å². The predicted octanol–water partition coefficient (Wildman–Crippen LogP) is 3.70. The van der Waals surface area contributed by atoms with E-state index in [0.29, 0.717) is 0 Å². The molecule has 1 atom stereocenters. The van der Waals surface area contributed by atoms with Gasteiger partial charge in [-0.05, 0) is 45.4 Å². The minimum Gasteiger partial charge on any atom is -0.0887 e. The van der Waals surface area contributed by atoms with Crippen LogP contribution in [-0.2, 0) is 0 Å². The lowest BCUT2D eigenvalue weighted by Crippen LogP contribution is -2.02. The van der Waals surface area contributed by atoms with E-state index in [-0.39, 0.29) is 0 Å². The smallest absolute Gasteiger partial charge is 0.0292 e. The SMILES string of the molecule is C/C=C(\C)CC1CC=CCC1. The fraction of sp³-hybridized carbons (Fsp3) is 0.636. The van der Waals surface area contributed by atoms with Gasteiger partial charge in [0, 0.05) is 0 Å². The van der Waals surface area contributed by atoms with Crippen LogP contribution in [0.5, 0.6) is 0 Å². The molecule has 62 valence electrons. The average Bonchev–Trinajstić information content (AvgIpc) is 2.06. The molecule has 0 heteroatoms. The molecule has 0 N–H and O–H groups in total. The van der Waals surface area contributed by atoms with Crippen LogP contribution in [0.4, 0.5) is 0 Å². The fourth-order valence-corrected chi connectivity index (χ4v) is 1.61. The van der Waals surface area contributed by atoms with Crippen molar-refractivity contribution in [2.24, 2.45) is 5.92 Å². The highest BCUT2D eigenvalue weighted by Gasteiger charge is 2.09. The van der Waals surface area contributed by atoms with Gasteiger partial charge in [-0.1, -0.05) is 23.8 Å². The highest BCUT2D eigenvalue weighted by molar-refractivity contribution is 5.00. The van der Waals surface area contributed by atoms with E-state index in [1.54, 1.807) is 5.57 Å². The third kappa shape index (κ3) is 2.92. The summed E-state index contributed by atoms with van der Waals surface area (Å²) in [4.78, 5) is 0. The van der Waals surface area contributed by atoms with E-state index >= 15 is 0 Å². The van der Waals surface area contributed by atoms with Crippen LogP contribution in [0.3, 0.4) is 0 Å². The van der Waals surface area contributed by atoms with Crippen LogP contribution in [0.1, 0.15) is 39.5 Å². The Labute approximate surface area is 70.0 Å². The first kappa shape index (κ1) is 8.58. The van der Waals surface area contributed by atoms with Crippen LogP contribution >= 0.6 is 0 Å². The molecule has 1 aliphatic carbocycles. The van der Waals surface area contributed by atoms with Crippen molar-refractivity contribution < 1.29 is 0 Å². The van der Waals surface area contributed by atoms with E-state index in [9.17, 15) is 0 Å². The summed E-state index contributed by atoms with van der Waals surface area (Å²) in [5.41, 5.74) is 1.55. The van der Waals surface area contributed by atoms with Gasteiger partial charge in [-0.15, -0.1) is 0 Å². The summed E-state index contributed by atoms with van der Waals surface area (Å²) in [5.74, 6) is 0.927. The minimum atomic E-state index is 0.927. The van der Waals surface area contributed by atoms with Crippen molar-refractivity contribution in [3.63, 3.8) is 0 Å². The summed E-state index contributed by atoms with van der Waals surface area (Å²) in [6.07, 6.45) is 12.2. The molecule has 11 heavy (non-hydrogen) atoms. The number of hydrogen-bond donors (Lipinski definition) is 0. The lowest BCUT2D eigenvalue weighted by atomic mass is 9.89. The molecule has 0 amide bonds. The average molecular weight is 150 g/mol. The van der Waals surface area contributed by atoms with E-state index in [1.165, 1.54) is 25.7 Å². The van der Waals surface area contributed by atoms with Gasteiger partial charge in [0.05, 0.1) is 0 Å². The van der Waals surface area contributed by atoms with Gasteiger partial charge in [0.15, 0.2) is 0 Å². The zero-order chi connectivity index (χ0) is 8.10. The van der Waals surface area contributed by atoms with Crippen LogP contribution in [-0.4, -0.2) is 0 Å². The highest BCUT2D eigenvalue weighted by atomic mass is 14.1. The molecule has 0 saturated heterocycles. The Morgan fingerprint density at radius 1 is 1.55 bits per heavy atom. The number of allylic oxidation sites excluding steroid dienone is 4. The summed E-state index contributed by atoms with van der Waals surface area (Å²) in [6, 6.07) is 0. The molecule has 0 aromatic carbocycles.